The number of hydrogen-bond acceptors (Lipinski definition) is 5. The Morgan fingerprint density at radius 3 is 2.34 bits per heavy atom. The van der Waals surface area contributed by atoms with Crippen LogP contribution >= 0.6 is 0 Å². The molecule has 6 nitrogen and oxygen atoms in total. The molecule has 2 N–H and O–H groups in total. The summed E-state index contributed by atoms with van der Waals surface area (Å²) in [5, 5.41) is 10.2. The number of aromatic nitrogens is 2. The van der Waals surface area contributed by atoms with Crippen LogP contribution in [0.25, 0.3) is 21.7 Å². The molecule has 1 amide bonds. The van der Waals surface area contributed by atoms with Gasteiger partial charge in [-0.15, -0.1) is 0 Å². The van der Waals surface area contributed by atoms with Gasteiger partial charge in [0.2, 0.25) is 11.9 Å². The van der Waals surface area contributed by atoms with Crippen LogP contribution in [-0.2, 0) is 4.79 Å². The predicted octanol–water partition coefficient (Wildman–Crippen LogP) is 5.70. The Labute approximate surface area is 206 Å². The molecule has 35 heavy (non-hydrogen) atoms. The van der Waals surface area contributed by atoms with E-state index in [1.807, 2.05) is 43.3 Å². The second-order valence-electron chi connectivity index (χ2n) is 9.77. The molecule has 1 fully saturated rings. The Morgan fingerprint density at radius 1 is 0.886 bits per heavy atom. The minimum atomic E-state index is -0.0279. The second-order valence-corrected chi connectivity index (χ2v) is 9.77. The molecule has 1 heterocycles. The first-order valence-electron chi connectivity index (χ1n) is 12.5. The van der Waals surface area contributed by atoms with Crippen molar-refractivity contribution in [3.05, 3.63) is 72.3 Å². The molecule has 6 heteroatoms. The number of nitrogens with one attached hydrogen (secondary N) is 2. The van der Waals surface area contributed by atoms with E-state index in [1.165, 1.54) is 10.8 Å². The summed E-state index contributed by atoms with van der Waals surface area (Å²) >= 11 is 0. The number of nitrogens with zero attached hydrogens (tertiary/aromatic N) is 3. The standard InChI is InChI=1S/C29H33N5O/c1-19(23-13-8-10-20-9-4-5-11-24(20)23)30-28(35)21-15-17-22(18-16-21)31-29-32-26-14-7-6-12-25(26)27(33-29)34(2)3/h4-14,19,21-22H,15-18H2,1-3H3,(H,30,35)(H,31,32,33). The van der Waals surface area contributed by atoms with Gasteiger partial charge in [-0.3, -0.25) is 4.79 Å². The van der Waals surface area contributed by atoms with Crippen molar-refractivity contribution >= 4 is 39.3 Å². The molecular formula is C29H33N5O. The van der Waals surface area contributed by atoms with Crippen LogP contribution in [0.15, 0.2) is 66.7 Å². The molecule has 5 rings (SSSR count). The summed E-state index contributed by atoms with van der Waals surface area (Å²) in [6, 6.07) is 23.0. The Morgan fingerprint density at radius 2 is 1.57 bits per heavy atom. The predicted molar refractivity (Wildman–Crippen MR) is 144 cm³/mol. The van der Waals surface area contributed by atoms with Gasteiger partial charge in [0.05, 0.1) is 11.6 Å². The quantitative estimate of drug-likeness (QED) is 0.381. The van der Waals surface area contributed by atoms with Gasteiger partial charge in [0.25, 0.3) is 0 Å². The number of anilines is 2. The maximum Gasteiger partial charge on any atom is 0.225 e. The Balaban J connectivity index is 1.21. The maximum absolute atomic E-state index is 13.1. The molecule has 1 atom stereocenters. The van der Waals surface area contributed by atoms with Gasteiger partial charge in [0, 0.05) is 31.4 Å². The number of benzene rings is 3. The van der Waals surface area contributed by atoms with Gasteiger partial charge >= 0.3 is 0 Å². The zero-order valence-corrected chi connectivity index (χ0v) is 20.7. The van der Waals surface area contributed by atoms with E-state index in [4.69, 9.17) is 9.97 Å². The van der Waals surface area contributed by atoms with E-state index < -0.39 is 0 Å². The third-order valence-corrected chi connectivity index (χ3v) is 7.09. The molecule has 1 aliphatic rings. The lowest BCUT2D eigenvalue weighted by Crippen LogP contribution is -2.37. The number of carbonyl (C=O) groups excluding carboxylic acids is 1. The van der Waals surface area contributed by atoms with Crippen LogP contribution in [0.4, 0.5) is 11.8 Å². The highest BCUT2D eigenvalue weighted by Crippen LogP contribution is 2.30. The van der Waals surface area contributed by atoms with Crippen molar-refractivity contribution in [2.45, 2.75) is 44.7 Å². The molecule has 0 saturated heterocycles. The summed E-state index contributed by atoms with van der Waals surface area (Å²) < 4.78 is 0. The number of amides is 1. The summed E-state index contributed by atoms with van der Waals surface area (Å²) in [5.41, 5.74) is 2.10. The third kappa shape index (κ3) is 4.92. The van der Waals surface area contributed by atoms with E-state index in [0.29, 0.717) is 5.95 Å². The van der Waals surface area contributed by atoms with Gasteiger partial charge in [-0.1, -0.05) is 54.6 Å². The van der Waals surface area contributed by atoms with Crippen LogP contribution < -0.4 is 15.5 Å². The molecule has 180 valence electrons. The molecule has 1 aromatic heterocycles. The van der Waals surface area contributed by atoms with E-state index in [2.05, 4.69) is 60.0 Å². The zero-order valence-electron chi connectivity index (χ0n) is 20.7. The van der Waals surface area contributed by atoms with Crippen LogP contribution in [0, 0.1) is 5.92 Å². The highest BCUT2D eigenvalue weighted by atomic mass is 16.1. The molecule has 3 aromatic carbocycles. The average molecular weight is 468 g/mol. The van der Waals surface area contributed by atoms with Gasteiger partial charge in [-0.25, -0.2) is 4.98 Å². The number of hydrogen-bond donors (Lipinski definition) is 2. The van der Waals surface area contributed by atoms with Crippen molar-refractivity contribution in [1.29, 1.82) is 0 Å². The van der Waals surface area contributed by atoms with Crippen LogP contribution in [0.5, 0.6) is 0 Å². The average Bonchev–Trinajstić information content (AvgIpc) is 2.88. The summed E-state index contributed by atoms with van der Waals surface area (Å²) in [7, 11) is 4.00. The fourth-order valence-corrected chi connectivity index (χ4v) is 5.18. The molecule has 1 saturated carbocycles. The van der Waals surface area contributed by atoms with E-state index in [-0.39, 0.29) is 23.9 Å². The minimum Gasteiger partial charge on any atom is -0.362 e. The monoisotopic (exact) mass is 467 g/mol. The maximum atomic E-state index is 13.1. The Hall–Kier alpha value is -3.67. The molecule has 0 radical (unpaired) electrons. The molecule has 0 aliphatic heterocycles. The van der Waals surface area contributed by atoms with Crippen molar-refractivity contribution in [1.82, 2.24) is 15.3 Å². The van der Waals surface area contributed by atoms with Gasteiger partial charge in [0.15, 0.2) is 0 Å². The first-order chi connectivity index (χ1) is 17.0. The number of para-hydroxylation sites is 1. The Bertz CT molecular complexity index is 1340. The van der Waals surface area contributed by atoms with Crippen LogP contribution in [0.2, 0.25) is 0 Å². The first-order valence-corrected chi connectivity index (χ1v) is 12.5. The second kappa shape index (κ2) is 9.90. The van der Waals surface area contributed by atoms with Crippen LogP contribution in [0.3, 0.4) is 0 Å². The van der Waals surface area contributed by atoms with Gasteiger partial charge in [-0.2, -0.15) is 4.98 Å². The smallest absolute Gasteiger partial charge is 0.225 e. The van der Waals surface area contributed by atoms with Crippen molar-refractivity contribution < 1.29 is 4.79 Å². The molecule has 0 bridgehead atoms. The fraction of sp³-hybridized carbons (Fsp3) is 0.345. The largest absolute Gasteiger partial charge is 0.362 e. The summed E-state index contributed by atoms with van der Waals surface area (Å²) in [6.45, 7) is 2.08. The lowest BCUT2D eigenvalue weighted by molar-refractivity contribution is -0.126. The molecule has 1 aliphatic carbocycles. The van der Waals surface area contributed by atoms with Crippen molar-refractivity contribution in [3.63, 3.8) is 0 Å². The van der Waals surface area contributed by atoms with Crippen LogP contribution in [0.1, 0.15) is 44.2 Å². The van der Waals surface area contributed by atoms with E-state index >= 15 is 0 Å². The van der Waals surface area contributed by atoms with E-state index in [1.54, 1.807) is 0 Å². The normalized spacial score (nSPS) is 18.8. The zero-order chi connectivity index (χ0) is 24.4. The molecule has 4 aromatic rings. The van der Waals surface area contributed by atoms with Crippen molar-refractivity contribution in [2.24, 2.45) is 5.92 Å². The lowest BCUT2D eigenvalue weighted by atomic mass is 9.85. The van der Waals surface area contributed by atoms with Gasteiger partial charge < -0.3 is 15.5 Å². The topological polar surface area (TPSA) is 70.2 Å². The fourth-order valence-electron chi connectivity index (χ4n) is 5.18. The number of rotatable bonds is 6. The van der Waals surface area contributed by atoms with Gasteiger partial charge in [0.1, 0.15) is 5.82 Å². The SMILES string of the molecule is CC(NC(=O)C1CCC(Nc2nc(N(C)C)c3ccccc3n2)CC1)c1cccc2ccccc12. The van der Waals surface area contributed by atoms with E-state index in [9.17, 15) is 4.79 Å². The minimum absolute atomic E-state index is 0.0279. The van der Waals surface area contributed by atoms with Gasteiger partial charge in [-0.05, 0) is 61.1 Å². The highest BCUT2D eigenvalue weighted by molar-refractivity contribution is 5.90. The van der Waals surface area contributed by atoms with Crippen molar-refractivity contribution in [3.8, 4) is 0 Å². The summed E-state index contributed by atoms with van der Waals surface area (Å²) in [5.74, 6) is 1.76. The van der Waals surface area contributed by atoms with E-state index in [0.717, 1.165) is 48.0 Å². The third-order valence-electron chi connectivity index (χ3n) is 7.09. The molecule has 0 spiro atoms. The first kappa shape index (κ1) is 23.1. The van der Waals surface area contributed by atoms with Crippen molar-refractivity contribution in [2.75, 3.05) is 24.3 Å². The summed E-state index contributed by atoms with van der Waals surface area (Å²) in [4.78, 5) is 24.6. The number of fused-ring (bicyclic) bond motifs is 2. The Kier molecular flexibility index (Phi) is 6.53. The highest BCUT2D eigenvalue weighted by Gasteiger charge is 2.28. The molecular weight excluding hydrogens is 434 g/mol. The summed E-state index contributed by atoms with van der Waals surface area (Å²) in [6.07, 6.45) is 3.57. The molecule has 1 unspecified atom stereocenters. The van der Waals surface area contributed by atoms with Crippen LogP contribution in [-0.4, -0.2) is 36.0 Å². The number of carbonyl (C=O) groups is 1. The lowest BCUT2D eigenvalue weighted by Gasteiger charge is -2.29.